The molecule has 1 aliphatic rings. The Balaban J connectivity index is 3.06. The van der Waals surface area contributed by atoms with Crippen LogP contribution in [0.3, 0.4) is 0 Å². The van der Waals surface area contributed by atoms with Gasteiger partial charge in [-0.25, -0.2) is 0 Å². The molecule has 0 amide bonds. The normalized spacial score (nSPS) is 13.8. The lowest BCUT2D eigenvalue weighted by Crippen LogP contribution is -1.49. The minimum atomic E-state index is 0.785. The van der Waals surface area contributed by atoms with Crippen LogP contribution in [-0.4, -0.2) is 0 Å². The van der Waals surface area contributed by atoms with Crippen LogP contribution < -0.4 is 0 Å². The summed E-state index contributed by atoms with van der Waals surface area (Å²) in [6.45, 7) is 3.42. The summed E-state index contributed by atoms with van der Waals surface area (Å²) >= 11 is 0. The van der Waals surface area contributed by atoms with Crippen molar-refractivity contribution in [3.63, 3.8) is 0 Å². The van der Waals surface area contributed by atoms with Gasteiger partial charge >= 0.3 is 0 Å². The van der Waals surface area contributed by atoms with Crippen molar-refractivity contribution in [2.45, 2.75) is 0 Å². The average molecular weight is 112 g/mol. The molecule has 40 valence electrons. The summed E-state index contributed by atoms with van der Waals surface area (Å²) in [6, 6.07) is 0. The maximum atomic E-state index is 5.07. The summed E-state index contributed by atoms with van der Waals surface area (Å²) in [5.41, 5.74) is 5.05. The van der Waals surface area contributed by atoms with Crippen molar-refractivity contribution in [1.82, 2.24) is 0 Å². The molecule has 0 fully saturated rings. The highest BCUT2D eigenvalue weighted by Crippen LogP contribution is 2.35. The molecule has 0 spiro atoms. The van der Waals surface area contributed by atoms with Crippen molar-refractivity contribution in [2.75, 3.05) is 0 Å². The summed E-state index contributed by atoms with van der Waals surface area (Å²) in [5.74, 6) is 4.88. The lowest BCUT2D eigenvalue weighted by molar-refractivity contribution is 1.95. The molecule has 0 bridgehead atoms. The van der Waals surface area contributed by atoms with Crippen molar-refractivity contribution >= 4 is 0 Å². The monoisotopic (exact) mass is 112 g/mol. The van der Waals surface area contributed by atoms with Gasteiger partial charge in [-0.2, -0.15) is 0 Å². The minimum Gasteiger partial charge on any atom is -0.118 e. The van der Waals surface area contributed by atoms with Gasteiger partial charge in [-0.1, -0.05) is 18.4 Å². The van der Waals surface area contributed by atoms with E-state index in [1.165, 1.54) is 0 Å². The molecule has 0 atom stereocenters. The maximum absolute atomic E-state index is 5.07. The van der Waals surface area contributed by atoms with E-state index in [4.69, 9.17) is 12.8 Å². The topological polar surface area (TPSA) is 0 Å². The fraction of sp³-hybridized carbons (Fsp3) is 0. The van der Waals surface area contributed by atoms with Crippen LogP contribution in [0.5, 0.6) is 0 Å². The molecule has 0 aromatic rings. The van der Waals surface area contributed by atoms with E-state index in [0.717, 1.165) is 16.7 Å². The molecule has 0 aromatic heterocycles. The first kappa shape index (κ1) is 5.52. The van der Waals surface area contributed by atoms with Gasteiger partial charge < -0.3 is 0 Å². The number of hydrogen-bond donors (Lipinski definition) is 0. The molecule has 0 nitrogen and oxygen atoms in total. The summed E-state index contributed by atoms with van der Waals surface area (Å²) in [5, 5.41) is 0. The quantitative estimate of drug-likeness (QED) is 0.327. The van der Waals surface area contributed by atoms with Crippen molar-refractivity contribution in [1.29, 1.82) is 0 Å². The SMILES string of the molecule is C#CC1=C(C#C)C1=C=C. The second-order valence-corrected chi connectivity index (χ2v) is 1.59. The van der Waals surface area contributed by atoms with E-state index >= 15 is 0 Å². The highest BCUT2D eigenvalue weighted by Gasteiger charge is 2.25. The molecular formula is C9H4. The second-order valence-electron chi connectivity index (χ2n) is 1.59. The van der Waals surface area contributed by atoms with E-state index < -0.39 is 0 Å². The number of hydrogen-bond acceptors (Lipinski definition) is 0. The van der Waals surface area contributed by atoms with E-state index in [1.807, 2.05) is 0 Å². The predicted octanol–water partition coefficient (Wildman–Crippen LogP) is 1.27. The molecule has 0 unspecified atom stereocenters. The minimum absolute atomic E-state index is 0.785. The third kappa shape index (κ3) is 0.592. The molecule has 0 radical (unpaired) electrons. The fourth-order valence-corrected chi connectivity index (χ4v) is 0.653. The van der Waals surface area contributed by atoms with Crippen molar-refractivity contribution < 1.29 is 0 Å². The highest BCUT2D eigenvalue weighted by atomic mass is 14.2. The molecule has 0 heterocycles. The van der Waals surface area contributed by atoms with Gasteiger partial charge in [-0.05, 0) is 0 Å². The van der Waals surface area contributed by atoms with Crippen LogP contribution >= 0.6 is 0 Å². The zero-order chi connectivity index (χ0) is 6.85. The largest absolute Gasteiger partial charge is 0.118 e. The summed E-state index contributed by atoms with van der Waals surface area (Å²) in [7, 11) is 0. The van der Waals surface area contributed by atoms with Gasteiger partial charge in [-0.15, -0.1) is 18.6 Å². The molecule has 0 heteroatoms. The van der Waals surface area contributed by atoms with E-state index in [0.29, 0.717) is 0 Å². The Morgan fingerprint density at radius 2 is 1.56 bits per heavy atom. The molecule has 1 aliphatic carbocycles. The smallest absolute Gasteiger partial charge is 0.0575 e. The van der Waals surface area contributed by atoms with E-state index in [-0.39, 0.29) is 0 Å². The van der Waals surface area contributed by atoms with Crippen LogP contribution in [0.1, 0.15) is 0 Å². The average Bonchev–Trinajstić information content (AvgIpc) is 2.59. The van der Waals surface area contributed by atoms with Gasteiger partial charge in [0, 0.05) is 5.57 Å². The summed E-state index contributed by atoms with van der Waals surface area (Å²) < 4.78 is 0. The second kappa shape index (κ2) is 1.71. The van der Waals surface area contributed by atoms with Gasteiger partial charge in [0.15, 0.2) is 0 Å². The summed E-state index contributed by atoms with van der Waals surface area (Å²) in [4.78, 5) is 0. The van der Waals surface area contributed by atoms with E-state index in [1.54, 1.807) is 0 Å². The van der Waals surface area contributed by atoms with E-state index in [9.17, 15) is 0 Å². The van der Waals surface area contributed by atoms with Gasteiger partial charge in [-0.3, -0.25) is 0 Å². The van der Waals surface area contributed by atoms with Crippen molar-refractivity contribution in [3.8, 4) is 24.7 Å². The molecule has 0 aliphatic heterocycles. The number of rotatable bonds is 0. The van der Waals surface area contributed by atoms with Crippen LogP contribution in [0, 0.1) is 24.7 Å². The first-order valence-electron chi connectivity index (χ1n) is 2.43. The molecule has 1 rings (SSSR count). The lowest BCUT2D eigenvalue weighted by atomic mass is 10.4. The Bertz CT molecular complexity index is 281. The first-order chi connectivity index (χ1) is 4.35. The maximum Gasteiger partial charge on any atom is 0.0575 e. The molecule has 9 heavy (non-hydrogen) atoms. The Hall–Kier alpha value is -1.62. The lowest BCUT2D eigenvalue weighted by Gasteiger charge is -1.61. The van der Waals surface area contributed by atoms with Gasteiger partial charge in [0.2, 0.25) is 0 Å². The highest BCUT2D eigenvalue weighted by molar-refractivity contribution is 5.79. The third-order valence-corrected chi connectivity index (χ3v) is 1.15. The number of terminal acetylenes is 2. The molecule has 0 saturated carbocycles. The summed E-state index contributed by atoms with van der Waals surface area (Å²) in [6.07, 6.45) is 10.1. The van der Waals surface area contributed by atoms with Crippen molar-refractivity contribution in [2.24, 2.45) is 0 Å². The van der Waals surface area contributed by atoms with Gasteiger partial charge in [0.25, 0.3) is 0 Å². The Morgan fingerprint density at radius 3 is 1.67 bits per heavy atom. The van der Waals surface area contributed by atoms with Crippen molar-refractivity contribution in [3.05, 3.63) is 29.0 Å². The Labute approximate surface area is 54.6 Å². The Morgan fingerprint density at radius 1 is 1.11 bits per heavy atom. The Kier molecular flexibility index (Phi) is 1.05. The molecule has 0 aromatic carbocycles. The van der Waals surface area contributed by atoms with E-state index in [2.05, 4.69) is 24.2 Å². The first-order valence-corrected chi connectivity index (χ1v) is 2.43. The van der Waals surface area contributed by atoms with Crippen LogP contribution in [0.25, 0.3) is 0 Å². The van der Waals surface area contributed by atoms with Crippen LogP contribution in [0.4, 0.5) is 0 Å². The van der Waals surface area contributed by atoms with Gasteiger partial charge in [0.05, 0.1) is 11.1 Å². The standard InChI is InChI=1S/C9H4/c1-4-7-8(5-2)9(7)6-3/h1-2H,3H2. The fourth-order valence-electron chi connectivity index (χ4n) is 0.653. The zero-order valence-corrected chi connectivity index (χ0v) is 4.86. The zero-order valence-electron chi connectivity index (χ0n) is 4.86. The van der Waals surface area contributed by atoms with Crippen LogP contribution in [0.2, 0.25) is 0 Å². The van der Waals surface area contributed by atoms with Crippen LogP contribution in [-0.2, 0) is 0 Å². The molecule has 0 saturated heterocycles. The van der Waals surface area contributed by atoms with Crippen LogP contribution in [0.15, 0.2) is 29.0 Å². The molecule has 0 N–H and O–H groups in total. The third-order valence-electron chi connectivity index (χ3n) is 1.15. The van der Waals surface area contributed by atoms with Gasteiger partial charge in [0.1, 0.15) is 0 Å². The molecular weight excluding hydrogens is 108 g/mol. The predicted molar refractivity (Wildman–Crippen MR) is 37.3 cm³/mol. The number of allylic oxidation sites excluding steroid dienone is 3.